The highest BCUT2D eigenvalue weighted by Crippen LogP contribution is 2.50. The van der Waals surface area contributed by atoms with Crippen LogP contribution in [0.1, 0.15) is 29.7 Å². The first-order valence-corrected chi connectivity index (χ1v) is 13.3. The van der Waals surface area contributed by atoms with Crippen LogP contribution in [0.25, 0.3) is 0 Å². The molecule has 0 aliphatic carbocycles. The van der Waals surface area contributed by atoms with E-state index in [-0.39, 0.29) is 23.0 Å². The Kier molecular flexibility index (Phi) is 7.01. The third-order valence-electron chi connectivity index (χ3n) is 6.71. The molecule has 212 valence electrons. The Balaban J connectivity index is 1.65. The third kappa shape index (κ3) is 4.98. The molecule has 8 nitrogen and oxygen atoms in total. The summed E-state index contributed by atoms with van der Waals surface area (Å²) >= 11 is 0. The molecular formula is C24H22F6N2O6S. The number of nitrogens with zero attached hydrogens (tertiary/aromatic N) is 1. The lowest BCUT2D eigenvalue weighted by molar-refractivity contribution is -0.376. The number of ether oxygens (including phenoxy) is 1. The average molecular weight is 581 g/mol. The molecule has 1 saturated heterocycles. The predicted octanol–water partition coefficient (Wildman–Crippen LogP) is 3.46. The van der Waals surface area contributed by atoms with Gasteiger partial charge in [-0.05, 0) is 35.4 Å². The number of rotatable bonds is 5. The van der Waals surface area contributed by atoms with Gasteiger partial charge in [0.15, 0.2) is 9.84 Å². The normalized spacial score (nSPS) is 21.8. The van der Waals surface area contributed by atoms with Crippen LogP contribution in [0, 0.1) is 5.92 Å². The second kappa shape index (κ2) is 9.48. The van der Waals surface area contributed by atoms with Gasteiger partial charge in [0.1, 0.15) is 12.1 Å². The minimum absolute atomic E-state index is 0.0413. The number of hydrogen-bond donors (Lipinski definition) is 2. The number of alkyl halides is 6. The molecule has 2 N–H and O–H groups in total. The van der Waals surface area contributed by atoms with Crippen molar-refractivity contribution in [3.05, 3.63) is 59.2 Å². The number of sulfone groups is 1. The third-order valence-corrected chi connectivity index (χ3v) is 7.82. The van der Waals surface area contributed by atoms with Crippen molar-refractivity contribution in [2.75, 3.05) is 18.2 Å². The maximum absolute atomic E-state index is 13.3. The van der Waals surface area contributed by atoms with Crippen molar-refractivity contribution in [1.82, 2.24) is 4.90 Å². The summed E-state index contributed by atoms with van der Waals surface area (Å²) < 4.78 is 108. The van der Waals surface area contributed by atoms with E-state index in [1.165, 1.54) is 23.1 Å². The van der Waals surface area contributed by atoms with Crippen molar-refractivity contribution < 1.29 is 54.2 Å². The maximum atomic E-state index is 13.3. The van der Waals surface area contributed by atoms with Gasteiger partial charge in [-0.15, -0.1) is 0 Å². The maximum Gasteiger partial charge on any atom is 0.430 e. The molecule has 2 aromatic rings. The van der Waals surface area contributed by atoms with Crippen molar-refractivity contribution in [3.63, 3.8) is 0 Å². The van der Waals surface area contributed by atoms with Crippen molar-refractivity contribution in [3.8, 4) is 0 Å². The molecule has 4 rings (SSSR count). The van der Waals surface area contributed by atoms with Gasteiger partial charge in [0, 0.05) is 30.0 Å². The van der Waals surface area contributed by atoms with Gasteiger partial charge in [0.05, 0.1) is 11.5 Å². The lowest BCUT2D eigenvalue weighted by atomic mass is 9.92. The summed E-state index contributed by atoms with van der Waals surface area (Å²) in [5.41, 5.74) is -6.19. The monoisotopic (exact) mass is 580 g/mol. The van der Waals surface area contributed by atoms with E-state index in [0.29, 0.717) is 29.9 Å². The molecule has 39 heavy (non-hydrogen) atoms. The van der Waals surface area contributed by atoms with E-state index in [4.69, 9.17) is 4.74 Å². The van der Waals surface area contributed by atoms with Gasteiger partial charge in [-0.3, -0.25) is 9.59 Å². The molecule has 0 bridgehead atoms. The van der Waals surface area contributed by atoms with Crippen LogP contribution in [-0.4, -0.2) is 61.6 Å². The first kappa shape index (κ1) is 28.8. The van der Waals surface area contributed by atoms with Gasteiger partial charge in [0.2, 0.25) is 0 Å². The second-order valence-electron chi connectivity index (χ2n) is 9.51. The molecule has 2 amide bonds. The summed E-state index contributed by atoms with van der Waals surface area (Å²) in [7, 11) is -3.61. The van der Waals surface area contributed by atoms with Gasteiger partial charge in [-0.1, -0.05) is 25.1 Å². The fourth-order valence-corrected chi connectivity index (χ4v) is 5.18. The number of anilines is 1. The number of carbonyl (C=O) groups excluding carboxylic acids is 2. The van der Waals surface area contributed by atoms with Crippen LogP contribution in [0.2, 0.25) is 0 Å². The number of fused-ring (bicyclic) bond motifs is 1. The summed E-state index contributed by atoms with van der Waals surface area (Å²) in [6.07, 6.45) is -12.0. The van der Waals surface area contributed by atoms with Crippen molar-refractivity contribution in [1.29, 1.82) is 0 Å². The molecule has 0 spiro atoms. The highest BCUT2D eigenvalue weighted by Gasteiger charge is 2.71. The summed E-state index contributed by atoms with van der Waals surface area (Å²) in [5, 5.41) is 11.9. The summed E-state index contributed by atoms with van der Waals surface area (Å²) in [5.74, 6) is -1.54. The van der Waals surface area contributed by atoms with E-state index in [0.717, 1.165) is 18.4 Å². The van der Waals surface area contributed by atoms with Crippen LogP contribution in [0.5, 0.6) is 0 Å². The zero-order chi connectivity index (χ0) is 29.1. The number of carbonyl (C=O) groups is 2. The molecule has 2 heterocycles. The average Bonchev–Trinajstić information content (AvgIpc) is 3.20. The summed E-state index contributed by atoms with van der Waals surface area (Å²) in [6.45, 7) is 1.95. The Morgan fingerprint density at radius 1 is 1.03 bits per heavy atom. The van der Waals surface area contributed by atoms with Crippen LogP contribution in [0.4, 0.5) is 32.0 Å². The number of halogens is 6. The Hall–Kier alpha value is -3.17. The Morgan fingerprint density at radius 2 is 1.62 bits per heavy atom. The standard InChI is InChI=1S/C24H22F6N2O6S/c1-12-11-38-19(12)21(34)32-10-13-9-16(39(2,36)37)7-8-17(13)18(32)20(33)31-15-5-3-14(4-6-15)22(35,23(25,26)27)24(28,29)30/h3-9,12,18-19,35H,10-11H2,1-2H3,(H,31,33). The molecule has 3 atom stereocenters. The zero-order valence-electron chi connectivity index (χ0n) is 20.3. The quantitative estimate of drug-likeness (QED) is 0.524. The van der Waals surface area contributed by atoms with Gasteiger partial charge < -0.3 is 20.1 Å². The molecule has 2 aliphatic rings. The molecular weight excluding hydrogens is 558 g/mol. The highest BCUT2D eigenvalue weighted by molar-refractivity contribution is 7.90. The molecule has 15 heteroatoms. The Labute approximate surface area is 218 Å². The molecule has 0 radical (unpaired) electrons. The largest absolute Gasteiger partial charge is 0.430 e. The Morgan fingerprint density at radius 3 is 2.08 bits per heavy atom. The lowest BCUT2D eigenvalue weighted by Crippen LogP contribution is -2.53. The van der Waals surface area contributed by atoms with Crippen LogP contribution in [-0.2, 0) is 36.3 Å². The van der Waals surface area contributed by atoms with E-state index < -0.39 is 57.3 Å². The zero-order valence-corrected chi connectivity index (χ0v) is 21.1. The number of amides is 2. The van der Waals surface area contributed by atoms with Crippen molar-refractivity contribution >= 4 is 27.3 Å². The fraction of sp³-hybridized carbons (Fsp3) is 0.417. The molecule has 0 saturated carbocycles. The smallest absolute Gasteiger partial charge is 0.369 e. The summed E-state index contributed by atoms with van der Waals surface area (Å²) in [6, 6.07) is 4.92. The van der Waals surface area contributed by atoms with Crippen LogP contribution >= 0.6 is 0 Å². The van der Waals surface area contributed by atoms with E-state index in [9.17, 15) is 49.5 Å². The van der Waals surface area contributed by atoms with Crippen LogP contribution < -0.4 is 5.32 Å². The lowest BCUT2D eigenvalue weighted by Gasteiger charge is -2.37. The number of benzene rings is 2. The number of nitrogens with one attached hydrogen (secondary N) is 1. The first-order valence-electron chi connectivity index (χ1n) is 11.4. The molecule has 2 aliphatic heterocycles. The second-order valence-corrected chi connectivity index (χ2v) is 11.5. The van der Waals surface area contributed by atoms with E-state index in [2.05, 4.69) is 5.32 Å². The van der Waals surface area contributed by atoms with Crippen LogP contribution in [0.3, 0.4) is 0 Å². The molecule has 1 fully saturated rings. The van der Waals surface area contributed by atoms with E-state index in [1.54, 1.807) is 6.92 Å². The van der Waals surface area contributed by atoms with E-state index in [1.807, 2.05) is 0 Å². The minimum atomic E-state index is -6.07. The van der Waals surface area contributed by atoms with Crippen molar-refractivity contribution in [2.24, 2.45) is 5.92 Å². The molecule has 3 unspecified atom stereocenters. The minimum Gasteiger partial charge on any atom is -0.369 e. The molecule has 0 aromatic heterocycles. The number of hydrogen-bond acceptors (Lipinski definition) is 6. The topological polar surface area (TPSA) is 113 Å². The van der Waals surface area contributed by atoms with Crippen LogP contribution in [0.15, 0.2) is 47.4 Å². The van der Waals surface area contributed by atoms with Gasteiger partial charge in [-0.25, -0.2) is 8.42 Å². The number of aliphatic hydroxyl groups is 1. The van der Waals surface area contributed by atoms with Gasteiger partial charge >= 0.3 is 12.4 Å². The van der Waals surface area contributed by atoms with Crippen molar-refractivity contribution in [2.45, 2.75) is 48.5 Å². The van der Waals surface area contributed by atoms with E-state index >= 15 is 0 Å². The Bertz CT molecular complexity index is 1390. The molecule has 2 aromatic carbocycles. The fourth-order valence-electron chi connectivity index (χ4n) is 4.50. The first-order chi connectivity index (χ1) is 17.9. The van der Waals surface area contributed by atoms with Gasteiger partial charge in [0.25, 0.3) is 17.4 Å². The van der Waals surface area contributed by atoms with Gasteiger partial charge in [-0.2, -0.15) is 26.3 Å². The summed E-state index contributed by atoms with van der Waals surface area (Å²) in [4.78, 5) is 27.6. The highest BCUT2D eigenvalue weighted by atomic mass is 32.2. The predicted molar refractivity (Wildman–Crippen MR) is 123 cm³/mol. The SMILES string of the molecule is CC1COC1C(=O)N1Cc2cc(S(C)(=O)=O)ccc2C1C(=O)Nc1ccc(C(O)(C(F)(F)F)C(F)(F)F)cc1.